The molecule has 1 atom stereocenters. The number of thioether (sulfide) groups is 1. The number of ketones is 1. The lowest BCUT2D eigenvalue weighted by Gasteiger charge is -2.07. The van der Waals surface area contributed by atoms with Crippen molar-refractivity contribution in [3.8, 4) is 0 Å². The van der Waals surface area contributed by atoms with Crippen molar-refractivity contribution in [2.75, 3.05) is 0 Å². The summed E-state index contributed by atoms with van der Waals surface area (Å²) in [6.45, 7) is 0. The minimum absolute atomic E-state index is 0.0131. The van der Waals surface area contributed by atoms with Gasteiger partial charge in [0.05, 0.1) is 5.25 Å². The Morgan fingerprint density at radius 1 is 1.17 bits per heavy atom. The van der Waals surface area contributed by atoms with Gasteiger partial charge in [0.2, 0.25) is 0 Å². The number of halogens is 1. The second kappa shape index (κ2) is 4.79. The monoisotopic (exact) mass is 274 g/mol. The van der Waals surface area contributed by atoms with Crippen molar-refractivity contribution in [3.05, 3.63) is 64.7 Å². The zero-order chi connectivity index (χ0) is 12.5. The summed E-state index contributed by atoms with van der Waals surface area (Å²) in [4.78, 5) is 13.6. The summed E-state index contributed by atoms with van der Waals surface area (Å²) in [7, 11) is 0. The Morgan fingerprint density at radius 2 is 2.00 bits per heavy atom. The number of benzene rings is 2. The third-order valence-electron chi connectivity index (χ3n) is 3.05. The van der Waals surface area contributed by atoms with Gasteiger partial charge >= 0.3 is 0 Å². The summed E-state index contributed by atoms with van der Waals surface area (Å²) in [5, 5.41) is 0.599. The first kappa shape index (κ1) is 11.8. The first-order valence-corrected chi connectivity index (χ1v) is 7.04. The Kier molecular flexibility index (Phi) is 3.14. The van der Waals surface area contributed by atoms with E-state index < -0.39 is 0 Å². The van der Waals surface area contributed by atoms with Crippen LogP contribution in [0.5, 0.6) is 0 Å². The largest absolute Gasteiger partial charge is 0.293 e. The highest BCUT2D eigenvalue weighted by atomic mass is 35.5. The molecular formula is C15H11ClOS. The van der Waals surface area contributed by atoms with E-state index in [-0.39, 0.29) is 11.0 Å². The SMILES string of the molecule is O=C(c1cccc(Cl)c1)C1Cc2ccccc2S1. The average molecular weight is 275 g/mol. The lowest BCUT2D eigenvalue weighted by Crippen LogP contribution is -2.16. The van der Waals surface area contributed by atoms with Crippen LogP contribution in [0.1, 0.15) is 15.9 Å². The summed E-state index contributed by atoms with van der Waals surface area (Å²) in [6, 6.07) is 15.4. The summed E-state index contributed by atoms with van der Waals surface area (Å²) in [6.07, 6.45) is 0.812. The zero-order valence-corrected chi connectivity index (χ0v) is 11.2. The number of rotatable bonds is 2. The van der Waals surface area contributed by atoms with Gasteiger partial charge in [0, 0.05) is 15.5 Å². The standard InChI is InChI=1S/C15H11ClOS/c16-12-6-3-5-11(8-12)15(17)14-9-10-4-1-2-7-13(10)18-14/h1-8,14H,9H2. The second-order valence-electron chi connectivity index (χ2n) is 4.29. The molecule has 1 heterocycles. The van der Waals surface area contributed by atoms with Gasteiger partial charge in [-0.15, -0.1) is 11.8 Å². The van der Waals surface area contributed by atoms with Gasteiger partial charge in [0.25, 0.3) is 0 Å². The Hall–Kier alpha value is -1.25. The summed E-state index contributed by atoms with van der Waals surface area (Å²) in [5.41, 5.74) is 1.97. The maximum Gasteiger partial charge on any atom is 0.176 e. The molecule has 0 aromatic heterocycles. The molecule has 0 N–H and O–H groups in total. The third kappa shape index (κ3) is 2.18. The number of carbonyl (C=O) groups is 1. The van der Waals surface area contributed by atoms with E-state index in [0.717, 1.165) is 6.42 Å². The van der Waals surface area contributed by atoms with Crippen LogP contribution in [-0.2, 0) is 6.42 Å². The fourth-order valence-corrected chi connectivity index (χ4v) is 3.62. The van der Waals surface area contributed by atoms with Crippen molar-refractivity contribution in [3.63, 3.8) is 0 Å². The first-order valence-electron chi connectivity index (χ1n) is 5.78. The molecule has 0 amide bonds. The molecule has 2 aromatic rings. The normalized spacial score (nSPS) is 17.5. The van der Waals surface area contributed by atoms with Gasteiger partial charge in [0.1, 0.15) is 0 Å². The van der Waals surface area contributed by atoms with Crippen molar-refractivity contribution in [2.45, 2.75) is 16.6 Å². The highest BCUT2D eigenvalue weighted by Crippen LogP contribution is 2.38. The van der Waals surface area contributed by atoms with Gasteiger partial charge in [-0.05, 0) is 30.2 Å². The Bertz CT molecular complexity index is 584. The van der Waals surface area contributed by atoms with E-state index in [4.69, 9.17) is 11.6 Å². The van der Waals surface area contributed by atoms with Crippen LogP contribution in [0, 0.1) is 0 Å². The molecule has 1 nitrogen and oxygen atoms in total. The van der Waals surface area contributed by atoms with E-state index in [9.17, 15) is 4.79 Å². The van der Waals surface area contributed by atoms with Crippen molar-refractivity contribution in [1.29, 1.82) is 0 Å². The molecule has 18 heavy (non-hydrogen) atoms. The number of hydrogen-bond donors (Lipinski definition) is 0. The highest BCUT2D eigenvalue weighted by molar-refractivity contribution is 8.01. The van der Waals surface area contributed by atoms with E-state index >= 15 is 0 Å². The zero-order valence-electron chi connectivity index (χ0n) is 9.60. The predicted molar refractivity (Wildman–Crippen MR) is 75.6 cm³/mol. The topological polar surface area (TPSA) is 17.1 Å². The smallest absolute Gasteiger partial charge is 0.176 e. The fraction of sp³-hybridized carbons (Fsp3) is 0.133. The van der Waals surface area contributed by atoms with Crippen LogP contribution < -0.4 is 0 Å². The first-order chi connectivity index (χ1) is 8.74. The lowest BCUT2D eigenvalue weighted by molar-refractivity contribution is 0.0990. The van der Waals surface area contributed by atoms with E-state index in [1.807, 2.05) is 24.3 Å². The van der Waals surface area contributed by atoms with E-state index in [2.05, 4.69) is 12.1 Å². The molecule has 0 bridgehead atoms. The van der Waals surface area contributed by atoms with Crippen LogP contribution in [-0.4, -0.2) is 11.0 Å². The number of Topliss-reactive ketones (excluding diaryl/α,β-unsaturated/α-hetero) is 1. The Labute approximate surface area is 115 Å². The quantitative estimate of drug-likeness (QED) is 0.762. The molecule has 0 aliphatic carbocycles. The lowest BCUT2D eigenvalue weighted by atomic mass is 10.0. The molecule has 90 valence electrons. The molecule has 0 saturated carbocycles. The molecule has 2 aromatic carbocycles. The highest BCUT2D eigenvalue weighted by Gasteiger charge is 2.28. The van der Waals surface area contributed by atoms with Crippen molar-refractivity contribution >= 4 is 29.1 Å². The van der Waals surface area contributed by atoms with Crippen molar-refractivity contribution in [1.82, 2.24) is 0 Å². The van der Waals surface area contributed by atoms with E-state index in [1.165, 1.54) is 10.5 Å². The number of fused-ring (bicyclic) bond motifs is 1. The second-order valence-corrected chi connectivity index (χ2v) is 5.97. The van der Waals surface area contributed by atoms with Crippen molar-refractivity contribution < 1.29 is 4.79 Å². The van der Waals surface area contributed by atoms with Crippen LogP contribution in [0.4, 0.5) is 0 Å². The van der Waals surface area contributed by atoms with Gasteiger partial charge in [0.15, 0.2) is 5.78 Å². The molecule has 1 unspecified atom stereocenters. The van der Waals surface area contributed by atoms with Gasteiger partial charge < -0.3 is 0 Å². The predicted octanol–water partition coefficient (Wildman–Crippen LogP) is 4.24. The summed E-state index contributed by atoms with van der Waals surface area (Å²) in [5.74, 6) is 0.165. The maximum atomic E-state index is 12.4. The molecule has 3 rings (SSSR count). The van der Waals surface area contributed by atoms with Crippen molar-refractivity contribution in [2.24, 2.45) is 0 Å². The molecule has 3 heteroatoms. The minimum atomic E-state index is -0.0131. The maximum absolute atomic E-state index is 12.4. The fourth-order valence-electron chi connectivity index (χ4n) is 2.16. The molecule has 0 saturated heterocycles. The van der Waals surface area contributed by atoms with Crippen LogP contribution in [0.25, 0.3) is 0 Å². The molecule has 1 aliphatic rings. The third-order valence-corrected chi connectivity index (χ3v) is 4.60. The minimum Gasteiger partial charge on any atom is -0.293 e. The van der Waals surface area contributed by atoms with Gasteiger partial charge in [-0.3, -0.25) is 4.79 Å². The number of hydrogen-bond acceptors (Lipinski definition) is 2. The van der Waals surface area contributed by atoms with Crippen LogP contribution in [0.15, 0.2) is 53.4 Å². The van der Waals surface area contributed by atoms with Crippen LogP contribution in [0.3, 0.4) is 0 Å². The van der Waals surface area contributed by atoms with E-state index in [1.54, 1.807) is 23.9 Å². The Morgan fingerprint density at radius 3 is 2.78 bits per heavy atom. The van der Waals surface area contributed by atoms with E-state index in [0.29, 0.717) is 10.6 Å². The molecule has 1 aliphatic heterocycles. The molecule has 0 spiro atoms. The van der Waals surface area contributed by atoms with Crippen LogP contribution in [0.2, 0.25) is 5.02 Å². The molecule has 0 fully saturated rings. The average Bonchev–Trinajstić information content (AvgIpc) is 2.81. The number of carbonyl (C=O) groups excluding carboxylic acids is 1. The van der Waals surface area contributed by atoms with Gasteiger partial charge in [-0.25, -0.2) is 0 Å². The molecular weight excluding hydrogens is 264 g/mol. The van der Waals surface area contributed by atoms with Gasteiger partial charge in [-0.1, -0.05) is 41.9 Å². The summed E-state index contributed by atoms with van der Waals surface area (Å²) >= 11 is 7.58. The summed E-state index contributed by atoms with van der Waals surface area (Å²) < 4.78 is 0. The molecule has 0 radical (unpaired) electrons. The Balaban J connectivity index is 1.84. The van der Waals surface area contributed by atoms with Crippen LogP contribution >= 0.6 is 23.4 Å². The van der Waals surface area contributed by atoms with Gasteiger partial charge in [-0.2, -0.15) is 0 Å².